The Bertz CT molecular complexity index is 1390. The van der Waals surface area contributed by atoms with E-state index in [4.69, 9.17) is 4.74 Å². The molecule has 1 aromatic heterocycles. The Morgan fingerprint density at radius 3 is 2.60 bits per heavy atom. The van der Waals surface area contributed by atoms with Crippen molar-refractivity contribution in [1.82, 2.24) is 15.0 Å². The van der Waals surface area contributed by atoms with Gasteiger partial charge < -0.3 is 20.1 Å². The molecule has 0 saturated carbocycles. The highest BCUT2D eigenvalue weighted by atomic mass is 127. The molecule has 0 bridgehead atoms. The lowest BCUT2D eigenvalue weighted by molar-refractivity contribution is 0.122. The zero-order chi connectivity index (χ0) is 24.2. The fraction of sp³-hybridized carbons (Fsp3) is 0.167. The molecule has 0 aliphatic carbocycles. The number of morpholine rings is 1. The maximum absolute atomic E-state index is 10.3. The topological polar surface area (TPSA) is 108 Å². The van der Waals surface area contributed by atoms with Crippen molar-refractivity contribution >= 4 is 85.7 Å². The van der Waals surface area contributed by atoms with Crippen molar-refractivity contribution in [2.45, 2.75) is 0 Å². The first-order chi connectivity index (χ1) is 17.1. The lowest BCUT2D eigenvalue weighted by atomic mass is 10.1. The minimum Gasteiger partial charge on any atom is -0.506 e. The van der Waals surface area contributed by atoms with Gasteiger partial charge in [0.2, 0.25) is 17.8 Å². The van der Waals surface area contributed by atoms with E-state index in [9.17, 15) is 5.11 Å². The van der Waals surface area contributed by atoms with Crippen molar-refractivity contribution in [3.05, 3.63) is 67.3 Å². The van der Waals surface area contributed by atoms with Gasteiger partial charge in [-0.15, -0.1) is 0 Å². The minimum absolute atomic E-state index is 0.180. The van der Waals surface area contributed by atoms with Crippen LogP contribution < -0.4 is 15.6 Å². The van der Waals surface area contributed by atoms with Gasteiger partial charge in [0, 0.05) is 33.3 Å². The number of hydrazone groups is 1. The lowest BCUT2D eigenvalue weighted by Gasteiger charge is -2.27. The number of halogens is 2. The molecule has 0 radical (unpaired) electrons. The molecular formula is C24H21I2N7O2. The molecule has 0 unspecified atom stereocenters. The normalized spacial score (nSPS) is 13.9. The van der Waals surface area contributed by atoms with E-state index in [0.717, 1.165) is 23.6 Å². The van der Waals surface area contributed by atoms with E-state index < -0.39 is 0 Å². The van der Waals surface area contributed by atoms with Gasteiger partial charge in [0.25, 0.3) is 0 Å². The standard InChI is InChI=1S/C24H21I2N7O2/c25-17-12-16(21(34)19(26)13-17)14-27-32-23-29-22(30-24(31-23)33-8-10-35-11-9-33)28-20-7-3-5-15-4-1-2-6-18(15)20/h1-7,12-14,34H,8-11H2,(H2,28,29,30,31,32)/b27-14-. The summed E-state index contributed by atoms with van der Waals surface area (Å²) in [5.41, 5.74) is 4.40. The van der Waals surface area contributed by atoms with Crippen molar-refractivity contribution in [2.75, 3.05) is 41.9 Å². The summed E-state index contributed by atoms with van der Waals surface area (Å²) < 4.78 is 7.24. The molecule has 3 aromatic carbocycles. The monoisotopic (exact) mass is 693 g/mol. The summed E-state index contributed by atoms with van der Waals surface area (Å²) in [4.78, 5) is 15.8. The van der Waals surface area contributed by atoms with Gasteiger partial charge in [-0.25, -0.2) is 5.43 Å². The Morgan fingerprint density at radius 1 is 0.971 bits per heavy atom. The molecule has 0 amide bonds. The summed E-state index contributed by atoms with van der Waals surface area (Å²) in [5.74, 6) is 1.41. The highest BCUT2D eigenvalue weighted by Crippen LogP contribution is 2.27. The van der Waals surface area contributed by atoms with Crippen LogP contribution in [-0.2, 0) is 4.74 Å². The predicted molar refractivity (Wildman–Crippen MR) is 155 cm³/mol. The number of aromatic hydroxyl groups is 1. The molecule has 9 nitrogen and oxygen atoms in total. The van der Waals surface area contributed by atoms with E-state index in [-0.39, 0.29) is 5.75 Å². The maximum Gasteiger partial charge on any atom is 0.250 e. The summed E-state index contributed by atoms with van der Waals surface area (Å²) >= 11 is 4.30. The van der Waals surface area contributed by atoms with Crippen LogP contribution in [0.2, 0.25) is 0 Å². The number of nitrogens with one attached hydrogen (secondary N) is 2. The Kier molecular flexibility index (Phi) is 7.43. The van der Waals surface area contributed by atoms with Crippen molar-refractivity contribution in [2.24, 2.45) is 5.10 Å². The molecule has 0 atom stereocenters. The van der Waals surface area contributed by atoms with Crippen molar-refractivity contribution < 1.29 is 9.84 Å². The summed E-state index contributed by atoms with van der Waals surface area (Å²) in [7, 11) is 0. The van der Waals surface area contributed by atoms with E-state index in [2.05, 4.69) is 99.1 Å². The lowest BCUT2D eigenvalue weighted by Crippen LogP contribution is -2.37. The third-order valence-electron chi connectivity index (χ3n) is 5.38. The minimum atomic E-state index is 0.180. The first-order valence-electron chi connectivity index (χ1n) is 10.9. The second kappa shape index (κ2) is 10.9. The van der Waals surface area contributed by atoms with Gasteiger partial charge in [0.15, 0.2) is 0 Å². The summed E-state index contributed by atoms with van der Waals surface area (Å²) in [6.07, 6.45) is 1.55. The molecule has 1 fully saturated rings. The number of benzene rings is 3. The average molecular weight is 693 g/mol. The van der Waals surface area contributed by atoms with Gasteiger partial charge in [-0.1, -0.05) is 36.4 Å². The average Bonchev–Trinajstić information content (AvgIpc) is 2.87. The van der Waals surface area contributed by atoms with E-state index in [1.165, 1.54) is 0 Å². The fourth-order valence-corrected chi connectivity index (χ4v) is 5.56. The number of hydrogen-bond donors (Lipinski definition) is 3. The van der Waals surface area contributed by atoms with Crippen LogP contribution in [0.5, 0.6) is 5.75 Å². The van der Waals surface area contributed by atoms with E-state index in [1.54, 1.807) is 6.21 Å². The Hall–Kier alpha value is -2.78. The number of rotatable bonds is 6. The molecule has 178 valence electrons. The molecule has 5 rings (SSSR count). The van der Waals surface area contributed by atoms with Gasteiger partial charge in [-0.2, -0.15) is 20.1 Å². The van der Waals surface area contributed by atoms with Gasteiger partial charge in [0.1, 0.15) is 5.75 Å². The summed E-state index contributed by atoms with van der Waals surface area (Å²) in [5, 5.41) is 20.1. The Balaban J connectivity index is 1.45. The number of anilines is 4. The number of phenols is 1. The second-order valence-corrected chi connectivity index (χ2v) is 10.1. The molecule has 0 spiro atoms. The molecule has 1 saturated heterocycles. The molecule has 2 heterocycles. The molecule has 1 aliphatic rings. The van der Waals surface area contributed by atoms with Crippen LogP contribution >= 0.6 is 45.2 Å². The van der Waals surface area contributed by atoms with Crippen LogP contribution in [0.15, 0.2) is 59.7 Å². The first kappa shape index (κ1) is 23.9. The number of aromatic nitrogens is 3. The zero-order valence-electron chi connectivity index (χ0n) is 18.4. The van der Waals surface area contributed by atoms with Crippen LogP contribution in [0.1, 0.15) is 5.56 Å². The highest BCUT2D eigenvalue weighted by Gasteiger charge is 2.17. The number of hydrogen-bond acceptors (Lipinski definition) is 9. The smallest absolute Gasteiger partial charge is 0.250 e. The number of ether oxygens (including phenoxy) is 1. The third-order valence-corrected chi connectivity index (χ3v) is 6.82. The van der Waals surface area contributed by atoms with Crippen LogP contribution in [-0.4, -0.2) is 52.6 Å². The predicted octanol–water partition coefficient (Wildman–Crippen LogP) is 4.97. The SMILES string of the molecule is Oc1c(I)cc(I)cc1/C=N\Nc1nc(Nc2cccc3ccccc23)nc(N2CCOCC2)n1. The van der Waals surface area contributed by atoms with Crippen LogP contribution in [0.4, 0.5) is 23.5 Å². The van der Waals surface area contributed by atoms with Crippen molar-refractivity contribution in [3.63, 3.8) is 0 Å². The molecule has 35 heavy (non-hydrogen) atoms. The third kappa shape index (κ3) is 5.73. The van der Waals surface area contributed by atoms with Gasteiger partial charge in [0.05, 0.1) is 23.0 Å². The highest BCUT2D eigenvalue weighted by molar-refractivity contribution is 14.1. The number of phenolic OH excluding ortho intramolecular Hbond substituents is 1. The number of nitrogens with zero attached hydrogens (tertiary/aromatic N) is 5. The Labute approximate surface area is 229 Å². The van der Waals surface area contributed by atoms with Crippen molar-refractivity contribution in [1.29, 1.82) is 0 Å². The first-order valence-corrected chi connectivity index (χ1v) is 13.0. The summed E-state index contributed by atoms with van der Waals surface area (Å²) in [6, 6.07) is 17.9. The van der Waals surface area contributed by atoms with E-state index in [1.807, 2.05) is 36.4 Å². The van der Waals surface area contributed by atoms with Crippen LogP contribution in [0.3, 0.4) is 0 Å². The molecule has 4 aromatic rings. The second-order valence-electron chi connectivity index (χ2n) is 7.73. The molecular weight excluding hydrogens is 672 g/mol. The maximum atomic E-state index is 10.3. The quantitative estimate of drug-likeness (QED) is 0.148. The van der Waals surface area contributed by atoms with Crippen LogP contribution in [0, 0.1) is 7.14 Å². The van der Waals surface area contributed by atoms with Crippen molar-refractivity contribution in [3.8, 4) is 5.75 Å². The fourth-order valence-electron chi connectivity index (χ4n) is 3.67. The number of fused-ring (bicyclic) bond motifs is 1. The largest absolute Gasteiger partial charge is 0.506 e. The van der Waals surface area contributed by atoms with Gasteiger partial charge >= 0.3 is 0 Å². The summed E-state index contributed by atoms with van der Waals surface area (Å²) in [6.45, 7) is 2.61. The molecule has 1 aliphatic heterocycles. The molecule has 3 N–H and O–H groups in total. The zero-order valence-corrected chi connectivity index (χ0v) is 22.8. The van der Waals surface area contributed by atoms with Gasteiger partial charge in [-0.3, -0.25) is 0 Å². The molecule has 11 heteroatoms. The van der Waals surface area contributed by atoms with Crippen LogP contribution in [0.25, 0.3) is 10.8 Å². The van der Waals surface area contributed by atoms with E-state index >= 15 is 0 Å². The van der Waals surface area contributed by atoms with Gasteiger partial charge in [-0.05, 0) is 68.8 Å². The Morgan fingerprint density at radius 2 is 1.74 bits per heavy atom. The van der Waals surface area contributed by atoms with E-state index in [0.29, 0.717) is 49.7 Å².